The number of anilines is 1. The predicted molar refractivity (Wildman–Crippen MR) is 81.6 cm³/mol. The van der Waals surface area contributed by atoms with Crippen LogP contribution in [0.5, 0.6) is 0 Å². The Hall–Kier alpha value is -2.11. The van der Waals surface area contributed by atoms with E-state index < -0.39 is 4.92 Å². The zero-order chi connectivity index (χ0) is 15.4. The first-order valence-electron chi connectivity index (χ1n) is 7.32. The average Bonchev–Trinajstić information content (AvgIpc) is 2.53. The van der Waals surface area contributed by atoms with Crippen molar-refractivity contribution >= 4 is 17.3 Å². The normalized spacial score (nSPS) is 15.8. The van der Waals surface area contributed by atoms with Gasteiger partial charge in [-0.05, 0) is 24.8 Å². The van der Waals surface area contributed by atoms with Gasteiger partial charge >= 0.3 is 0 Å². The van der Waals surface area contributed by atoms with E-state index in [4.69, 9.17) is 0 Å². The van der Waals surface area contributed by atoms with E-state index >= 15 is 0 Å². The Morgan fingerprint density at radius 3 is 2.62 bits per heavy atom. The number of hydrogen-bond donors (Lipinski definition) is 1. The second-order valence-corrected chi connectivity index (χ2v) is 5.38. The molecule has 1 aromatic carbocycles. The van der Waals surface area contributed by atoms with Crippen molar-refractivity contribution in [3.63, 3.8) is 0 Å². The Morgan fingerprint density at radius 1 is 1.43 bits per heavy atom. The standard InChI is InChI=1S/C15H21N3O3/c1-3-11-6-8-17(9-7-11)15(19)13-10-12(18(20)21)4-5-14(13)16-2/h4-5,10-11,16H,3,6-9H2,1-2H3. The molecule has 1 fully saturated rings. The summed E-state index contributed by atoms with van der Waals surface area (Å²) in [6.45, 7) is 3.62. The number of nitro benzene ring substituents is 1. The fraction of sp³-hybridized carbons (Fsp3) is 0.533. The summed E-state index contributed by atoms with van der Waals surface area (Å²) in [5, 5.41) is 13.8. The van der Waals surface area contributed by atoms with E-state index in [0.29, 0.717) is 17.2 Å². The molecule has 1 saturated heterocycles. The van der Waals surface area contributed by atoms with Crippen molar-refractivity contribution in [3.05, 3.63) is 33.9 Å². The summed E-state index contributed by atoms with van der Waals surface area (Å²) < 4.78 is 0. The van der Waals surface area contributed by atoms with Crippen LogP contribution in [0, 0.1) is 16.0 Å². The van der Waals surface area contributed by atoms with E-state index in [2.05, 4.69) is 12.2 Å². The number of carbonyl (C=O) groups is 1. The topological polar surface area (TPSA) is 75.5 Å². The van der Waals surface area contributed by atoms with Crippen molar-refractivity contribution in [1.82, 2.24) is 4.90 Å². The summed E-state index contributed by atoms with van der Waals surface area (Å²) in [6, 6.07) is 4.36. The van der Waals surface area contributed by atoms with E-state index in [9.17, 15) is 14.9 Å². The van der Waals surface area contributed by atoms with Gasteiger partial charge in [-0.1, -0.05) is 13.3 Å². The maximum Gasteiger partial charge on any atom is 0.270 e. The summed E-state index contributed by atoms with van der Waals surface area (Å²) in [6.07, 6.45) is 3.15. The number of nitrogens with one attached hydrogen (secondary N) is 1. The molecule has 0 saturated carbocycles. The van der Waals surface area contributed by atoms with Crippen LogP contribution in [-0.2, 0) is 0 Å². The summed E-state index contributed by atoms with van der Waals surface area (Å²) in [5.41, 5.74) is 0.950. The molecule has 1 aliphatic heterocycles. The zero-order valence-electron chi connectivity index (χ0n) is 12.5. The largest absolute Gasteiger partial charge is 0.387 e. The zero-order valence-corrected chi connectivity index (χ0v) is 12.5. The molecule has 2 rings (SSSR count). The van der Waals surface area contributed by atoms with E-state index in [1.54, 1.807) is 18.0 Å². The van der Waals surface area contributed by atoms with Crippen LogP contribution in [0.2, 0.25) is 0 Å². The van der Waals surface area contributed by atoms with Crippen LogP contribution in [0.4, 0.5) is 11.4 Å². The third kappa shape index (κ3) is 3.32. The van der Waals surface area contributed by atoms with Gasteiger partial charge in [0.05, 0.1) is 10.5 Å². The van der Waals surface area contributed by atoms with Gasteiger partial charge in [0.1, 0.15) is 0 Å². The van der Waals surface area contributed by atoms with Gasteiger partial charge in [0.2, 0.25) is 0 Å². The molecule has 6 nitrogen and oxygen atoms in total. The molecule has 0 bridgehead atoms. The maximum absolute atomic E-state index is 12.6. The third-order valence-electron chi connectivity index (χ3n) is 4.19. The van der Waals surface area contributed by atoms with Crippen molar-refractivity contribution in [2.24, 2.45) is 5.92 Å². The number of piperidine rings is 1. The number of benzene rings is 1. The highest BCUT2D eigenvalue weighted by molar-refractivity contribution is 6.00. The molecule has 0 unspecified atom stereocenters. The number of carbonyl (C=O) groups excluding carboxylic acids is 1. The molecule has 0 aromatic heterocycles. The number of rotatable bonds is 4. The monoisotopic (exact) mass is 291 g/mol. The summed E-state index contributed by atoms with van der Waals surface area (Å²) in [4.78, 5) is 24.8. The Morgan fingerprint density at radius 2 is 2.10 bits per heavy atom. The molecule has 114 valence electrons. The predicted octanol–water partition coefficient (Wildman–Crippen LogP) is 2.90. The smallest absolute Gasteiger partial charge is 0.270 e. The minimum Gasteiger partial charge on any atom is -0.387 e. The number of nitro groups is 1. The van der Waals surface area contributed by atoms with E-state index in [0.717, 1.165) is 32.4 Å². The third-order valence-corrected chi connectivity index (χ3v) is 4.19. The van der Waals surface area contributed by atoms with Crippen LogP contribution in [0.1, 0.15) is 36.5 Å². The van der Waals surface area contributed by atoms with Gasteiger partial charge in [0, 0.05) is 38.0 Å². The number of hydrogen-bond acceptors (Lipinski definition) is 4. The summed E-state index contributed by atoms with van der Waals surface area (Å²) in [7, 11) is 1.71. The molecule has 0 aliphatic carbocycles. The van der Waals surface area contributed by atoms with Crippen LogP contribution < -0.4 is 5.32 Å². The van der Waals surface area contributed by atoms with E-state index in [1.807, 2.05) is 0 Å². The molecule has 1 N–H and O–H groups in total. The Bertz CT molecular complexity index is 537. The van der Waals surface area contributed by atoms with Crippen LogP contribution in [-0.4, -0.2) is 35.9 Å². The van der Waals surface area contributed by atoms with Crippen molar-refractivity contribution < 1.29 is 9.72 Å². The summed E-state index contributed by atoms with van der Waals surface area (Å²) in [5.74, 6) is 0.556. The van der Waals surface area contributed by atoms with E-state index in [1.165, 1.54) is 12.1 Å². The average molecular weight is 291 g/mol. The highest BCUT2D eigenvalue weighted by Crippen LogP contribution is 2.26. The lowest BCUT2D eigenvalue weighted by Crippen LogP contribution is -2.38. The number of nitrogens with zero attached hydrogens (tertiary/aromatic N) is 2. The lowest BCUT2D eigenvalue weighted by Gasteiger charge is -2.32. The molecule has 21 heavy (non-hydrogen) atoms. The minimum atomic E-state index is -0.473. The first-order chi connectivity index (χ1) is 10.1. The Balaban J connectivity index is 2.22. The molecular formula is C15H21N3O3. The molecule has 1 amide bonds. The quantitative estimate of drug-likeness (QED) is 0.683. The number of likely N-dealkylation sites (tertiary alicyclic amines) is 1. The van der Waals surface area contributed by atoms with Gasteiger partial charge in [0.25, 0.3) is 11.6 Å². The number of non-ortho nitro benzene ring substituents is 1. The van der Waals surface area contributed by atoms with Crippen molar-refractivity contribution in [2.75, 3.05) is 25.5 Å². The second-order valence-electron chi connectivity index (χ2n) is 5.38. The van der Waals surface area contributed by atoms with Gasteiger partial charge in [-0.15, -0.1) is 0 Å². The van der Waals surface area contributed by atoms with Gasteiger partial charge < -0.3 is 10.2 Å². The molecule has 1 heterocycles. The van der Waals surface area contributed by atoms with Crippen LogP contribution in [0.3, 0.4) is 0 Å². The highest BCUT2D eigenvalue weighted by atomic mass is 16.6. The Labute approximate surface area is 124 Å². The molecule has 1 aliphatic rings. The fourth-order valence-electron chi connectivity index (χ4n) is 2.76. The van der Waals surface area contributed by atoms with Crippen molar-refractivity contribution in [1.29, 1.82) is 0 Å². The van der Waals surface area contributed by atoms with E-state index in [-0.39, 0.29) is 11.6 Å². The molecule has 0 spiro atoms. The molecule has 1 aromatic rings. The van der Waals surface area contributed by atoms with Crippen LogP contribution in [0.15, 0.2) is 18.2 Å². The Kier molecular flexibility index (Phi) is 4.77. The van der Waals surface area contributed by atoms with Gasteiger partial charge in [0.15, 0.2) is 0 Å². The van der Waals surface area contributed by atoms with Crippen molar-refractivity contribution in [2.45, 2.75) is 26.2 Å². The first-order valence-corrected chi connectivity index (χ1v) is 7.32. The lowest BCUT2D eigenvalue weighted by atomic mass is 9.94. The molecular weight excluding hydrogens is 270 g/mol. The van der Waals surface area contributed by atoms with Gasteiger partial charge in [-0.25, -0.2) is 0 Å². The van der Waals surface area contributed by atoms with Crippen LogP contribution >= 0.6 is 0 Å². The molecule has 0 radical (unpaired) electrons. The molecule has 0 atom stereocenters. The van der Waals surface area contributed by atoms with Gasteiger partial charge in [-0.3, -0.25) is 14.9 Å². The first kappa shape index (κ1) is 15.3. The highest BCUT2D eigenvalue weighted by Gasteiger charge is 2.25. The lowest BCUT2D eigenvalue weighted by molar-refractivity contribution is -0.384. The minimum absolute atomic E-state index is 0.0548. The summed E-state index contributed by atoms with van der Waals surface area (Å²) >= 11 is 0. The SMILES string of the molecule is CCC1CCN(C(=O)c2cc([N+](=O)[O-])ccc2NC)CC1. The second kappa shape index (κ2) is 6.56. The van der Waals surface area contributed by atoms with Gasteiger partial charge in [-0.2, -0.15) is 0 Å². The van der Waals surface area contributed by atoms with Crippen LogP contribution in [0.25, 0.3) is 0 Å². The van der Waals surface area contributed by atoms with Crippen molar-refractivity contribution in [3.8, 4) is 0 Å². The molecule has 6 heteroatoms. The maximum atomic E-state index is 12.6. The fourth-order valence-corrected chi connectivity index (χ4v) is 2.76. The number of amides is 1.